The van der Waals surface area contributed by atoms with Crippen LogP contribution in [0.3, 0.4) is 0 Å². The van der Waals surface area contributed by atoms with Gasteiger partial charge in [0.1, 0.15) is 12.0 Å². The number of hydrogen-bond donors (Lipinski definition) is 2. The summed E-state index contributed by atoms with van der Waals surface area (Å²) in [5.41, 5.74) is 2.96. The number of aliphatic hydroxyl groups excluding tert-OH is 1. The van der Waals surface area contributed by atoms with Crippen molar-refractivity contribution < 1.29 is 14.3 Å². The molecule has 3 aromatic rings. The minimum absolute atomic E-state index is 0.217. The van der Waals surface area contributed by atoms with Crippen LogP contribution in [0.4, 0.5) is 10.2 Å². The molecule has 7 nitrogen and oxygen atoms in total. The maximum atomic E-state index is 13.1. The van der Waals surface area contributed by atoms with Crippen LogP contribution >= 0.6 is 0 Å². The molecule has 0 aromatic carbocycles. The summed E-state index contributed by atoms with van der Waals surface area (Å²) < 4.78 is 14.6. The standard InChI is InChI=1S/C22H23FN4O3/c1-4-19(28)17-5-11(2)15(10-24-17)13-6-12-9-25-20(8-18(12)27(3)22(13)30)26-21(29)14-7-16(14)23/h5-6,8-10,14,16,19,28H,4,7H2,1-3H3,(H,25,26,29)/t14-,16+,19-/m0/s1. The second kappa shape index (κ2) is 7.60. The van der Waals surface area contributed by atoms with Gasteiger partial charge >= 0.3 is 0 Å². The molecule has 8 heteroatoms. The van der Waals surface area contributed by atoms with E-state index in [0.717, 1.165) is 10.9 Å². The third kappa shape index (κ3) is 3.59. The number of halogens is 1. The molecule has 4 rings (SSSR count). The van der Waals surface area contributed by atoms with Gasteiger partial charge in [0, 0.05) is 42.0 Å². The number of hydrogen-bond acceptors (Lipinski definition) is 5. The number of amides is 1. The van der Waals surface area contributed by atoms with E-state index in [9.17, 15) is 19.1 Å². The van der Waals surface area contributed by atoms with Gasteiger partial charge < -0.3 is 15.0 Å². The zero-order valence-corrected chi connectivity index (χ0v) is 17.0. The maximum Gasteiger partial charge on any atom is 0.258 e. The molecule has 1 aliphatic rings. The fourth-order valence-corrected chi connectivity index (χ4v) is 3.53. The van der Waals surface area contributed by atoms with Crippen LogP contribution in [0.1, 0.15) is 37.1 Å². The molecule has 2 N–H and O–H groups in total. The van der Waals surface area contributed by atoms with E-state index < -0.39 is 24.1 Å². The molecule has 1 aliphatic carbocycles. The number of nitrogens with one attached hydrogen (secondary N) is 1. The molecule has 1 saturated carbocycles. The lowest BCUT2D eigenvalue weighted by Gasteiger charge is -2.14. The number of aromatic nitrogens is 3. The molecule has 1 fully saturated rings. The number of anilines is 1. The third-order valence-corrected chi connectivity index (χ3v) is 5.56. The van der Waals surface area contributed by atoms with Gasteiger partial charge in [0.15, 0.2) is 0 Å². The van der Waals surface area contributed by atoms with Crippen molar-refractivity contribution in [2.24, 2.45) is 13.0 Å². The highest BCUT2D eigenvalue weighted by Gasteiger charge is 2.43. The number of fused-ring (bicyclic) bond motifs is 1. The first-order valence-corrected chi connectivity index (χ1v) is 9.89. The van der Waals surface area contributed by atoms with Crippen LogP contribution in [-0.2, 0) is 11.8 Å². The highest BCUT2D eigenvalue weighted by molar-refractivity contribution is 5.95. The highest BCUT2D eigenvalue weighted by atomic mass is 19.1. The van der Waals surface area contributed by atoms with E-state index in [1.54, 1.807) is 37.6 Å². The molecule has 1 amide bonds. The van der Waals surface area contributed by atoms with Crippen molar-refractivity contribution >= 4 is 22.6 Å². The van der Waals surface area contributed by atoms with Crippen molar-refractivity contribution in [2.75, 3.05) is 5.32 Å². The molecule has 0 radical (unpaired) electrons. The molecule has 0 aliphatic heterocycles. The van der Waals surface area contributed by atoms with Crippen molar-refractivity contribution in [2.45, 2.75) is 39.0 Å². The Hall–Kier alpha value is -3.13. The highest BCUT2D eigenvalue weighted by Crippen LogP contribution is 2.34. The van der Waals surface area contributed by atoms with Gasteiger partial charge in [-0.05, 0) is 37.5 Å². The lowest BCUT2D eigenvalue weighted by molar-refractivity contribution is -0.117. The number of nitrogens with zero attached hydrogens (tertiary/aromatic N) is 3. The van der Waals surface area contributed by atoms with Gasteiger partial charge in [0.2, 0.25) is 5.91 Å². The molecule has 0 saturated heterocycles. The van der Waals surface area contributed by atoms with Gasteiger partial charge in [-0.15, -0.1) is 0 Å². The zero-order chi connectivity index (χ0) is 21.6. The van der Waals surface area contributed by atoms with E-state index in [1.807, 2.05) is 13.8 Å². The minimum atomic E-state index is -1.08. The Morgan fingerprint density at radius 1 is 1.30 bits per heavy atom. The zero-order valence-electron chi connectivity index (χ0n) is 17.0. The second-order valence-electron chi connectivity index (χ2n) is 7.75. The van der Waals surface area contributed by atoms with Crippen molar-refractivity contribution in [3.63, 3.8) is 0 Å². The Morgan fingerprint density at radius 3 is 2.67 bits per heavy atom. The van der Waals surface area contributed by atoms with E-state index in [2.05, 4.69) is 15.3 Å². The Morgan fingerprint density at radius 2 is 2.03 bits per heavy atom. The average molecular weight is 410 g/mol. The molecule has 0 unspecified atom stereocenters. The maximum absolute atomic E-state index is 13.1. The van der Waals surface area contributed by atoms with E-state index in [-0.39, 0.29) is 17.8 Å². The van der Waals surface area contributed by atoms with Gasteiger partial charge in [-0.2, -0.15) is 0 Å². The lowest BCUT2D eigenvalue weighted by atomic mass is 10.0. The van der Waals surface area contributed by atoms with Crippen LogP contribution in [0.15, 0.2) is 35.4 Å². The molecule has 0 spiro atoms. The van der Waals surface area contributed by atoms with Gasteiger partial charge in [-0.1, -0.05) is 6.92 Å². The van der Waals surface area contributed by atoms with Crippen LogP contribution in [0.5, 0.6) is 0 Å². The average Bonchev–Trinajstić information content (AvgIpc) is 3.47. The van der Waals surface area contributed by atoms with Gasteiger partial charge in [0.05, 0.1) is 23.2 Å². The molecule has 30 heavy (non-hydrogen) atoms. The second-order valence-corrected chi connectivity index (χ2v) is 7.75. The molecular weight excluding hydrogens is 387 g/mol. The molecule has 3 heterocycles. The predicted molar refractivity (Wildman–Crippen MR) is 112 cm³/mol. The molecule has 3 aromatic heterocycles. The smallest absolute Gasteiger partial charge is 0.258 e. The van der Waals surface area contributed by atoms with Crippen LogP contribution in [0, 0.1) is 12.8 Å². The van der Waals surface area contributed by atoms with E-state index >= 15 is 0 Å². The summed E-state index contributed by atoms with van der Waals surface area (Å²) in [5, 5.41) is 13.3. The van der Waals surface area contributed by atoms with Crippen molar-refractivity contribution in [3.8, 4) is 11.1 Å². The monoisotopic (exact) mass is 410 g/mol. The largest absolute Gasteiger partial charge is 0.387 e. The molecular formula is C22H23FN4O3. The topological polar surface area (TPSA) is 97.1 Å². The Bertz CT molecular complexity index is 1210. The summed E-state index contributed by atoms with van der Waals surface area (Å²) in [7, 11) is 1.65. The Labute approximate surface area is 172 Å². The fraction of sp³-hybridized carbons (Fsp3) is 0.364. The first-order valence-electron chi connectivity index (χ1n) is 9.89. The van der Waals surface area contributed by atoms with E-state index in [0.29, 0.717) is 28.8 Å². The number of aryl methyl sites for hydroxylation is 2. The number of carbonyl (C=O) groups is 1. The summed E-state index contributed by atoms with van der Waals surface area (Å²) in [6.07, 6.45) is 2.25. The van der Waals surface area contributed by atoms with E-state index in [1.165, 1.54) is 4.57 Å². The quantitative estimate of drug-likeness (QED) is 0.674. The van der Waals surface area contributed by atoms with Crippen LogP contribution in [0.25, 0.3) is 22.0 Å². The summed E-state index contributed by atoms with van der Waals surface area (Å²) in [5.74, 6) is -0.726. The SMILES string of the molecule is CC[C@H](O)c1cc(C)c(-c2cc3cnc(NC(=O)[C@H]4C[C@H]4F)cc3n(C)c2=O)cn1. The minimum Gasteiger partial charge on any atom is -0.387 e. The summed E-state index contributed by atoms with van der Waals surface area (Å²) in [6.45, 7) is 3.75. The Kier molecular flexibility index (Phi) is 5.11. The summed E-state index contributed by atoms with van der Waals surface area (Å²) in [6, 6.07) is 5.15. The number of rotatable bonds is 5. The normalized spacial score (nSPS) is 19.0. The molecule has 156 valence electrons. The van der Waals surface area contributed by atoms with Crippen LogP contribution in [0.2, 0.25) is 0 Å². The fourth-order valence-electron chi connectivity index (χ4n) is 3.53. The summed E-state index contributed by atoms with van der Waals surface area (Å²) in [4.78, 5) is 33.6. The van der Waals surface area contributed by atoms with Crippen molar-refractivity contribution in [1.29, 1.82) is 0 Å². The third-order valence-electron chi connectivity index (χ3n) is 5.56. The predicted octanol–water partition coefficient (Wildman–Crippen LogP) is 3.04. The van der Waals surface area contributed by atoms with Crippen LogP contribution in [-0.4, -0.2) is 31.7 Å². The lowest BCUT2D eigenvalue weighted by Crippen LogP contribution is -2.20. The van der Waals surface area contributed by atoms with E-state index in [4.69, 9.17) is 0 Å². The Balaban J connectivity index is 1.72. The van der Waals surface area contributed by atoms with Crippen molar-refractivity contribution in [3.05, 3.63) is 52.2 Å². The molecule has 0 bridgehead atoms. The number of carbonyl (C=O) groups excluding carboxylic acids is 1. The number of pyridine rings is 3. The van der Waals surface area contributed by atoms with Crippen molar-refractivity contribution in [1.82, 2.24) is 14.5 Å². The number of aliphatic hydroxyl groups is 1. The summed E-state index contributed by atoms with van der Waals surface area (Å²) >= 11 is 0. The first-order chi connectivity index (χ1) is 14.3. The van der Waals surface area contributed by atoms with Gasteiger partial charge in [0.25, 0.3) is 5.56 Å². The van der Waals surface area contributed by atoms with Crippen LogP contribution < -0.4 is 10.9 Å². The first kappa shape index (κ1) is 20.2. The number of alkyl halides is 1. The van der Waals surface area contributed by atoms with Gasteiger partial charge in [-0.25, -0.2) is 9.37 Å². The van der Waals surface area contributed by atoms with Gasteiger partial charge in [-0.3, -0.25) is 14.6 Å². The molecule has 3 atom stereocenters.